The zero-order chi connectivity index (χ0) is 10.4. The van der Waals surface area contributed by atoms with E-state index in [0.717, 1.165) is 27.5 Å². The van der Waals surface area contributed by atoms with E-state index in [1.165, 1.54) is 0 Å². The van der Waals surface area contributed by atoms with Crippen molar-refractivity contribution in [1.82, 2.24) is 0 Å². The first-order chi connectivity index (χ1) is 7.25. The minimum absolute atomic E-state index is 0.279. The van der Waals surface area contributed by atoms with Crippen LogP contribution in [0.4, 0.5) is 0 Å². The quantitative estimate of drug-likeness (QED) is 0.598. The Bertz CT molecular complexity index is 650. The minimum atomic E-state index is 0.279. The highest BCUT2D eigenvalue weighted by atomic mass is 16.3. The normalized spacial score (nSPS) is 11.3. The van der Waals surface area contributed by atoms with E-state index in [0.29, 0.717) is 0 Å². The molecule has 0 aliphatic rings. The molecule has 74 valence electrons. The predicted octanol–water partition coefficient (Wildman–Crippen LogP) is 3.60. The van der Waals surface area contributed by atoms with Gasteiger partial charge in [0.05, 0.1) is 0 Å². The molecule has 0 saturated heterocycles. The molecule has 0 spiro atoms. The number of rotatable bonds is 0. The Morgan fingerprint density at radius 1 is 1.00 bits per heavy atom. The van der Waals surface area contributed by atoms with Crippen LogP contribution in [0, 0.1) is 6.92 Å². The molecule has 0 atom stereocenters. The van der Waals surface area contributed by atoms with Crippen LogP contribution in [0.2, 0.25) is 0 Å². The topological polar surface area (TPSA) is 33.4 Å². The first-order valence-electron chi connectivity index (χ1n) is 4.86. The number of phenols is 1. The molecule has 0 bridgehead atoms. The monoisotopic (exact) mass is 198 g/mol. The van der Waals surface area contributed by atoms with Crippen LogP contribution in [0.5, 0.6) is 5.75 Å². The molecule has 0 radical (unpaired) electrons. The van der Waals surface area contributed by atoms with Gasteiger partial charge >= 0.3 is 0 Å². The van der Waals surface area contributed by atoms with Gasteiger partial charge in [0.15, 0.2) is 0 Å². The molecule has 3 rings (SSSR count). The molecule has 15 heavy (non-hydrogen) atoms. The molecule has 1 N–H and O–H groups in total. The van der Waals surface area contributed by atoms with Crippen molar-refractivity contribution in [2.75, 3.05) is 0 Å². The van der Waals surface area contributed by atoms with Gasteiger partial charge in [-0.15, -0.1) is 0 Å². The number of hydrogen-bond acceptors (Lipinski definition) is 2. The van der Waals surface area contributed by atoms with Crippen molar-refractivity contribution < 1.29 is 9.52 Å². The molecule has 2 nitrogen and oxygen atoms in total. The van der Waals surface area contributed by atoms with Gasteiger partial charge in [-0.05, 0) is 24.6 Å². The highest BCUT2D eigenvalue weighted by molar-refractivity contribution is 6.05. The molecule has 0 saturated carbocycles. The van der Waals surface area contributed by atoms with E-state index in [9.17, 15) is 5.11 Å². The van der Waals surface area contributed by atoms with Gasteiger partial charge in [0.2, 0.25) is 0 Å². The smallest absolute Gasteiger partial charge is 0.139 e. The summed E-state index contributed by atoms with van der Waals surface area (Å²) < 4.78 is 5.63. The molecular weight excluding hydrogens is 188 g/mol. The number of para-hydroxylation sites is 1. The van der Waals surface area contributed by atoms with Gasteiger partial charge < -0.3 is 9.52 Å². The third-order valence-electron chi connectivity index (χ3n) is 2.70. The maximum atomic E-state index is 9.58. The summed E-state index contributed by atoms with van der Waals surface area (Å²) in [5.41, 5.74) is 2.46. The third-order valence-corrected chi connectivity index (χ3v) is 2.70. The summed E-state index contributed by atoms with van der Waals surface area (Å²) in [6.45, 7) is 1.89. The molecule has 0 unspecified atom stereocenters. The number of aryl methyl sites for hydroxylation is 1. The van der Waals surface area contributed by atoms with E-state index in [4.69, 9.17) is 4.42 Å². The first kappa shape index (κ1) is 8.36. The van der Waals surface area contributed by atoms with E-state index < -0.39 is 0 Å². The van der Waals surface area contributed by atoms with Gasteiger partial charge in [-0.1, -0.05) is 18.2 Å². The van der Waals surface area contributed by atoms with Gasteiger partial charge in [-0.2, -0.15) is 0 Å². The van der Waals surface area contributed by atoms with E-state index in [1.54, 1.807) is 6.07 Å². The fourth-order valence-electron chi connectivity index (χ4n) is 1.87. The van der Waals surface area contributed by atoms with Crippen LogP contribution in [0.25, 0.3) is 21.9 Å². The first-order valence-corrected chi connectivity index (χ1v) is 4.86. The summed E-state index contributed by atoms with van der Waals surface area (Å²) in [4.78, 5) is 0. The highest BCUT2D eigenvalue weighted by Crippen LogP contribution is 2.32. The largest absolute Gasteiger partial charge is 0.508 e. The maximum Gasteiger partial charge on any atom is 0.139 e. The van der Waals surface area contributed by atoms with Gasteiger partial charge in [-0.25, -0.2) is 0 Å². The zero-order valence-corrected chi connectivity index (χ0v) is 8.32. The molecular formula is C13H10O2. The van der Waals surface area contributed by atoms with Gasteiger partial charge in [0.25, 0.3) is 0 Å². The Morgan fingerprint density at radius 2 is 1.80 bits per heavy atom. The molecule has 3 aromatic rings. The van der Waals surface area contributed by atoms with Crippen LogP contribution in [-0.2, 0) is 0 Å². The van der Waals surface area contributed by atoms with Crippen molar-refractivity contribution >= 4 is 21.9 Å². The number of aromatic hydroxyl groups is 1. The lowest BCUT2D eigenvalue weighted by Crippen LogP contribution is -1.73. The van der Waals surface area contributed by atoms with E-state index in [-0.39, 0.29) is 5.75 Å². The zero-order valence-electron chi connectivity index (χ0n) is 8.32. The lowest BCUT2D eigenvalue weighted by Gasteiger charge is -1.96. The number of phenolic OH excluding ortho intramolecular Hbond substituents is 1. The second-order valence-corrected chi connectivity index (χ2v) is 3.73. The third kappa shape index (κ3) is 1.11. The molecule has 0 aliphatic carbocycles. The summed E-state index contributed by atoms with van der Waals surface area (Å²) >= 11 is 0. The Kier molecular flexibility index (Phi) is 1.54. The van der Waals surface area contributed by atoms with Crippen molar-refractivity contribution in [1.29, 1.82) is 0 Å². The molecule has 0 amide bonds. The van der Waals surface area contributed by atoms with Crippen LogP contribution >= 0.6 is 0 Å². The molecule has 2 aromatic carbocycles. The van der Waals surface area contributed by atoms with Crippen molar-refractivity contribution in [3.63, 3.8) is 0 Å². The second kappa shape index (κ2) is 2.76. The molecule has 0 fully saturated rings. The van der Waals surface area contributed by atoms with Crippen molar-refractivity contribution in [2.45, 2.75) is 6.92 Å². The summed E-state index contributed by atoms with van der Waals surface area (Å²) in [6, 6.07) is 11.5. The van der Waals surface area contributed by atoms with Crippen LogP contribution in [0.1, 0.15) is 5.56 Å². The molecule has 1 heterocycles. The van der Waals surface area contributed by atoms with Crippen LogP contribution in [0.3, 0.4) is 0 Å². The average molecular weight is 198 g/mol. The number of benzene rings is 2. The van der Waals surface area contributed by atoms with Crippen LogP contribution in [-0.4, -0.2) is 5.11 Å². The summed E-state index contributed by atoms with van der Waals surface area (Å²) in [7, 11) is 0. The lowest BCUT2D eigenvalue weighted by molar-refractivity contribution is 0.470. The molecule has 2 heteroatoms. The minimum Gasteiger partial charge on any atom is -0.508 e. The maximum absolute atomic E-state index is 9.58. The highest BCUT2D eigenvalue weighted by Gasteiger charge is 2.08. The Balaban J connectivity index is 2.56. The van der Waals surface area contributed by atoms with Crippen LogP contribution < -0.4 is 0 Å². The van der Waals surface area contributed by atoms with Gasteiger partial charge in [-0.3, -0.25) is 0 Å². The summed E-state index contributed by atoms with van der Waals surface area (Å²) in [6.07, 6.45) is 0. The number of fused-ring (bicyclic) bond motifs is 3. The predicted molar refractivity (Wildman–Crippen MR) is 60.1 cm³/mol. The molecule has 0 aliphatic heterocycles. The van der Waals surface area contributed by atoms with Crippen molar-refractivity contribution in [2.24, 2.45) is 0 Å². The van der Waals surface area contributed by atoms with E-state index in [2.05, 4.69) is 0 Å². The van der Waals surface area contributed by atoms with E-state index in [1.807, 2.05) is 37.3 Å². The lowest BCUT2D eigenvalue weighted by atomic mass is 10.1. The second-order valence-electron chi connectivity index (χ2n) is 3.73. The average Bonchev–Trinajstić information content (AvgIpc) is 2.57. The fourth-order valence-corrected chi connectivity index (χ4v) is 1.87. The Hall–Kier alpha value is -1.96. The Morgan fingerprint density at radius 3 is 2.67 bits per heavy atom. The standard InChI is InChI=1S/C13H10O2/c1-8-6-10-9-4-2-3-5-12(9)15-13(10)7-11(8)14/h2-7,14H,1H3. The SMILES string of the molecule is Cc1cc2c(cc1O)oc1ccccc12. The number of hydrogen-bond donors (Lipinski definition) is 1. The van der Waals surface area contributed by atoms with Crippen molar-refractivity contribution in [3.05, 3.63) is 42.0 Å². The van der Waals surface area contributed by atoms with Crippen molar-refractivity contribution in [3.8, 4) is 5.75 Å². The Labute approximate surface area is 86.7 Å². The van der Waals surface area contributed by atoms with Crippen LogP contribution in [0.15, 0.2) is 40.8 Å². The molecule has 1 aromatic heterocycles. The summed E-state index contributed by atoms with van der Waals surface area (Å²) in [5.74, 6) is 0.279. The van der Waals surface area contributed by atoms with Gasteiger partial charge in [0.1, 0.15) is 16.9 Å². The summed E-state index contributed by atoms with van der Waals surface area (Å²) in [5, 5.41) is 11.7. The van der Waals surface area contributed by atoms with E-state index >= 15 is 0 Å². The number of furan rings is 1. The fraction of sp³-hybridized carbons (Fsp3) is 0.0769. The van der Waals surface area contributed by atoms with Gasteiger partial charge in [0, 0.05) is 16.8 Å².